The second-order valence-corrected chi connectivity index (χ2v) is 9.89. The maximum Gasteiger partial charge on any atom is 0.289 e. The molecule has 33 heavy (non-hydrogen) atoms. The van der Waals surface area contributed by atoms with E-state index in [4.69, 9.17) is 0 Å². The van der Waals surface area contributed by atoms with Crippen LogP contribution in [0.15, 0.2) is 6.07 Å². The molecule has 0 bridgehead atoms. The number of nitrogens with one attached hydrogen (secondary N) is 3. The van der Waals surface area contributed by atoms with E-state index in [1.54, 1.807) is 0 Å². The van der Waals surface area contributed by atoms with E-state index in [2.05, 4.69) is 25.9 Å². The molecule has 0 unspecified atom stereocenters. The van der Waals surface area contributed by atoms with Crippen LogP contribution in [-0.4, -0.2) is 45.8 Å². The Morgan fingerprint density at radius 3 is 1.24 bits per heavy atom. The second-order valence-electron chi connectivity index (χ2n) is 9.89. The van der Waals surface area contributed by atoms with Gasteiger partial charge < -0.3 is 16.0 Å². The van der Waals surface area contributed by atoms with Crippen LogP contribution in [-0.2, 0) is 0 Å². The fourth-order valence-electron chi connectivity index (χ4n) is 5.29. The first-order chi connectivity index (χ1) is 16.1. The molecule has 180 valence electrons. The van der Waals surface area contributed by atoms with Crippen LogP contribution in [0.5, 0.6) is 0 Å². The highest BCUT2D eigenvalue weighted by Crippen LogP contribution is 2.20. The second kappa shape index (κ2) is 11.6. The zero-order valence-electron chi connectivity index (χ0n) is 19.5. The van der Waals surface area contributed by atoms with Gasteiger partial charge in [-0.25, -0.2) is 9.97 Å². The molecule has 3 aliphatic carbocycles. The number of aromatic nitrogens is 2. The molecule has 8 nitrogen and oxygen atoms in total. The van der Waals surface area contributed by atoms with Crippen LogP contribution in [0.25, 0.3) is 0 Å². The number of nitrogens with zero attached hydrogens (tertiary/aromatic N) is 2. The molecule has 0 radical (unpaired) electrons. The molecule has 3 N–H and O–H groups in total. The monoisotopic (exact) mass is 455 g/mol. The topological polar surface area (TPSA) is 113 Å². The van der Waals surface area contributed by atoms with Crippen molar-refractivity contribution in [1.29, 1.82) is 0 Å². The Bertz CT molecular complexity index is 719. The van der Waals surface area contributed by atoms with Gasteiger partial charge in [-0.3, -0.25) is 14.4 Å². The Labute approximate surface area is 196 Å². The molecule has 1 aromatic heterocycles. The summed E-state index contributed by atoms with van der Waals surface area (Å²) in [6.45, 7) is 0. The molecular formula is C25H37N5O3. The van der Waals surface area contributed by atoms with E-state index in [-0.39, 0.29) is 47.2 Å². The van der Waals surface area contributed by atoms with Gasteiger partial charge in [0.05, 0.1) is 0 Å². The molecule has 0 aliphatic heterocycles. The van der Waals surface area contributed by atoms with Crippen LogP contribution in [0.3, 0.4) is 0 Å². The average molecular weight is 456 g/mol. The molecule has 3 fully saturated rings. The summed E-state index contributed by atoms with van der Waals surface area (Å²) in [4.78, 5) is 47.5. The average Bonchev–Trinajstić information content (AvgIpc) is 2.85. The van der Waals surface area contributed by atoms with Gasteiger partial charge in [0.15, 0.2) is 0 Å². The summed E-state index contributed by atoms with van der Waals surface area (Å²) in [5, 5.41) is 9.08. The van der Waals surface area contributed by atoms with Gasteiger partial charge in [0.2, 0.25) is 5.82 Å². The molecule has 3 amide bonds. The van der Waals surface area contributed by atoms with Crippen molar-refractivity contribution in [2.75, 3.05) is 0 Å². The Kier molecular flexibility index (Phi) is 8.29. The summed E-state index contributed by atoms with van der Waals surface area (Å²) in [7, 11) is 0. The van der Waals surface area contributed by atoms with Gasteiger partial charge in [-0.15, -0.1) is 0 Å². The lowest BCUT2D eigenvalue weighted by molar-refractivity contribution is 0.0911. The molecule has 0 aromatic carbocycles. The summed E-state index contributed by atoms with van der Waals surface area (Å²) in [5.74, 6) is -1.21. The molecular weight excluding hydrogens is 418 g/mol. The van der Waals surface area contributed by atoms with Gasteiger partial charge in [0.25, 0.3) is 17.7 Å². The highest BCUT2D eigenvalue weighted by molar-refractivity contribution is 6.00. The van der Waals surface area contributed by atoms with E-state index in [1.807, 2.05) is 0 Å². The Balaban J connectivity index is 1.52. The smallest absolute Gasteiger partial charge is 0.289 e. The molecule has 1 heterocycles. The van der Waals surface area contributed by atoms with Crippen molar-refractivity contribution in [2.45, 2.75) is 114 Å². The van der Waals surface area contributed by atoms with Crippen molar-refractivity contribution in [3.63, 3.8) is 0 Å². The highest BCUT2D eigenvalue weighted by Gasteiger charge is 2.25. The lowest BCUT2D eigenvalue weighted by Crippen LogP contribution is -2.40. The Hall–Kier alpha value is -2.51. The highest BCUT2D eigenvalue weighted by atomic mass is 16.2. The first-order valence-corrected chi connectivity index (χ1v) is 12.9. The quantitative estimate of drug-likeness (QED) is 0.606. The minimum absolute atomic E-state index is 0.0816. The zero-order valence-corrected chi connectivity index (χ0v) is 19.5. The fourth-order valence-corrected chi connectivity index (χ4v) is 5.29. The predicted octanol–water partition coefficient (Wildman–Crippen LogP) is 3.66. The van der Waals surface area contributed by atoms with E-state index in [9.17, 15) is 14.4 Å². The number of rotatable bonds is 6. The summed E-state index contributed by atoms with van der Waals surface area (Å²) < 4.78 is 0. The van der Waals surface area contributed by atoms with Crippen molar-refractivity contribution < 1.29 is 14.4 Å². The third-order valence-corrected chi connectivity index (χ3v) is 7.22. The molecule has 0 spiro atoms. The maximum absolute atomic E-state index is 13.0. The van der Waals surface area contributed by atoms with Crippen LogP contribution in [0.2, 0.25) is 0 Å². The van der Waals surface area contributed by atoms with Gasteiger partial charge in [-0.05, 0) is 38.5 Å². The zero-order chi connectivity index (χ0) is 23.0. The van der Waals surface area contributed by atoms with Crippen LogP contribution < -0.4 is 16.0 Å². The van der Waals surface area contributed by atoms with E-state index < -0.39 is 5.91 Å². The van der Waals surface area contributed by atoms with Crippen LogP contribution in [0.1, 0.15) is 128 Å². The number of amides is 3. The molecule has 1 aromatic rings. The Morgan fingerprint density at radius 1 is 0.545 bits per heavy atom. The number of hydrogen-bond acceptors (Lipinski definition) is 5. The third-order valence-electron chi connectivity index (χ3n) is 7.22. The Morgan fingerprint density at radius 2 is 0.879 bits per heavy atom. The van der Waals surface area contributed by atoms with Crippen molar-refractivity contribution in [2.24, 2.45) is 0 Å². The van der Waals surface area contributed by atoms with Gasteiger partial charge in [0.1, 0.15) is 11.4 Å². The van der Waals surface area contributed by atoms with Crippen LogP contribution in [0, 0.1) is 0 Å². The summed E-state index contributed by atoms with van der Waals surface area (Å²) in [6, 6.07) is 1.74. The minimum Gasteiger partial charge on any atom is -0.348 e. The molecule has 0 saturated heterocycles. The number of hydrogen-bond donors (Lipinski definition) is 3. The normalized spacial score (nSPS) is 20.7. The lowest BCUT2D eigenvalue weighted by Gasteiger charge is -2.24. The van der Waals surface area contributed by atoms with Crippen molar-refractivity contribution >= 4 is 17.7 Å². The maximum atomic E-state index is 13.0. The van der Waals surface area contributed by atoms with E-state index in [0.717, 1.165) is 77.0 Å². The van der Waals surface area contributed by atoms with E-state index >= 15 is 0 Å². The van der Waals surface area contributed by atoms with Crippen LogP contribution >= 0.6 is 0 Å². The standard InChI is InChI=1S/C25H37N5O3/c31-23(26-17-10-4-1-5-11-17)20-16-21(24(32)27-18-12-6-2-7-13-18)30-22(29-20)25(33)28-19-14-8-3-9-15-19/h16-19H,1-15H2,(H,26,31)(H,27,32)(H,28,33). The predicted molar refractivity (Wildman–Crippen MR) is 125 cm³/mol. The molecule has 0 atom stereocenters. The van der Waals surface area contributed by atoms with Crippen molar-refractivity contribution in [3.8, 4) is 0 Å². The van der Waals surface area contributed by atoms with Gasteiger partial charge in [-0.1, -0.05) is 57.8 Å². The van der Waals surface area contributed by atoms with Crippen molar-refractivity contribution in [3.05, 3.63) is 23.3 Å². The van der Waals surface area contributed by atoms with E-state index in [1.165, 1.54) is 25.3 Å². The largest absolute Gasteiger partial charge is 0.348 e. The molecule has 3 saturated carbocycles. The van der Waals surface area contributed by atoms with Gasteiger partial charge >= 0.3 is 0 Å². The first-order valence-electron chi connectivity index (χ1n) is 12.9. The summed E-state index contributed by atoms with van der Waals surface area (Å²) >= 11 is 0. The summed E-state index contributed by atoms with van der Waals surface area (Å²) in [5.41, 5.74) is 0.163. The molecule has 3 aliphatic rings. The van der Waals surface area contributed by atoms with Gasteiger partial charge in [0, 0.05) is 24.2 Å². The number of carbonyl (C=O) groups excluding carboxylic acids is 3. The van der Waals surface area contributed by atoms with Crippen LogP contribution in [0.4, 0.5) is 0 Å². The third kappa shape index (κ3) is 6.74. The van der Waals surface area contributed by atoms with Crippen molar-refractivity contribution in [1.82, 2.24) is 25.9 Å². The number of carbonyl (C=O) groups is 3. The van der Waals surface area contributed by atoms with E-state index in [0.29, 0.717) is 0 Å². The minimum atomic E-state index is -0.416. The van der Waals surface area contributed by atoms with Gasteiger partial charge in [-0.2, -0.15) is 0 Å². The SMILES string of the molecule is O=C(NC1CCCCC1)c1cc(C(=O)NC2CCCCC2)nc(C(=O)NC2CCCCC2)n1. The summed E-state index contributed by atoms with van der Waals surface area (Å²) in [6.07, 6.45) is 15.8. The fraction of sp³-hybridized carbons (Fsp3) is 0.720. The lowest BCUT2D eigenvalue weighted by atomic mass is 9.95. The first kappa shape index (κ1) is 23.6. The molecule has 4 rings (SSSR count). The molecule has 8 heteroatoms.